The van der Waals surface area contributed by atoms with E-state index in [1.165, 1.54) is 11.3 Å². The number of carbonyl (C=O) groups excluding carboxylic acids is 2. The first-order valence-corrected chi connectivity index (χ1v) is 11.8. The van der Waals surface area contributed by atoms with Gasteiger partial charge in [0.25, 0.3) is 0 Å². The van der Waals surface area contributed by atoms with Crippen LogP contribution in [0.25, 0.3) is 10.6 Å². The van der Waals surface area contributed by atoms with Gasteiger partial charge >= 0.3 is 12.0 Å². The zero-order valence-electron chi connectivity index (χ0n) is 18.4. The van der Waals surface area contributed by atoms with Crippen LogP contribution < -0.4 is 10.6 Å². The maximum Gasteiger partial charge on any atom is 0.326 e. The van der Waals surface area contributed by atoms with Crippen molar-refractivity contribution in [3.05, 3.63) is 53.8 Å². The number of urea groups is 1. The Morgan fingerprint density at radius 3 is 2.76 bits per heavy atom. The van der Waals surface area contributed by atoms with Crippen molar-refractivity contribution in [2.24, 2.45) is 0 Å². The average Bonchev–Trinajstić information content (AvgIpc) is 3.31. The molecule has 10 heteroatoms. The number of hydrogen-bond donors (Lipinski definition) is 2. The Bertz CT molecular complexity index is 1090. The summed E-state index contributed by atoms with van der Waals surface area (Å²) in [5, 5.41) is 7.95. The van der Waals surface area contributed by atoms with E-state index in [-0.39, 0.29) is 18.6 Å². The fourth-order valence-corrected chi connectivity index (χ4v) is 4.49. The summed E-state index contributed by atoms with van der Waals surface area (Å²) in [5.41, 5.74) is 1.50. The molecule has 1 unspecified atom stereocenters. The largest absolute Gasteiger partial charge is 0.458 e. The molecule has 3 aromatic heterocycles. The van der Waals surface area contributed by atoms with Crippen molar-refractivity contribution in [3.8, 4) is 10.6 Å². The van der Waals surface area contributed by atoms with Crippen LogP contribution in [0.1, 0.15) is 31.9 Å². The second-order valence-corrected chi connectivity index (χ2v) is 8.47. The molecule has 1 aliphatic rings. The first-order valence-electron chi connectivity index (χ1n) is 10.9. The van der Waals surface area contributed by atoms with Crippen LogP contribution in [0.2, 0.25) is 0 Å². The van der Waals surface area contributed by atoms with E-state index < -0.39 is 6.03 Å². The summed E-state index contributed by atoms with van der Waals surface area (Å²) in [4.78, 5) is 39.9. The highest BCUT2D eigenvalue weighted by Crippen LogP contribution is 2.25. The molecule has 1 aliphatic heterocycles. The van der Waals surface area contributed by atoms with Crippen molar-refractivity contribution < 1.29 is 14.3 Å². The van der Waals surface area contributed by atoms with Crippen LogP contribution in [-0.4, -0.2) is 51.0 Å². The van der Waals surface area contributed by atoms with Crippen molar-refractivity contribution in [2.75, 3.05) is 23.7 Å². The van der Waals surface area contributed by atoms with E-state index in [2.05, 4.69) is 37.4 Å². The molecule has 0 aliphatic carbocycles. The zero-order valence-corrected chi connectivity index (χ0v) is 19.2. The molecule has 0 spiro atoms. The number of amides is 2. The maximum absolute atomic E-state index is 12.5. The molecule has 1 fully saturated rings. The number of aromatic nitrogens is 3. The van der Waals surface area contributed by atoms with Crippen LogP contribution in [0, 0.1) is 0 Å². The maximum atomic E-state index is 12.5. The lowest BCUT2D eigenvalue weighted by Crippen LogP contribution is -2.45. The highest BCUT2D eigenvalue weighted by molar-refractivity contribution is 7.13. The van der Waals surface area contributed by atoms with Gasteiger partial charge in [-0.05, 0) is 50.2 Å². The van der Waals surface area contributed by atoms with Crippen LogP contribution in [-0.2, 0) is 16.1 Å². The van der Waals surface area contributed by atoms with Gasteiger partial charge in [-0.2, -0.15) is 0 Å². The second-order valence-electron chi connectivity index (χ2n) is 7.61. The monoisotopic (exact) mass is 466 g/mol. The number of anilines is 2. The van der Waals surface area contributed by atoms with Gasteiger partial charge < -0.3 is 4.74 Å². The average molecular weight is 467 g/mol. The normalized spacial score (nSPS) is 16.2. The number of likely N-dealkylation sites (N-methyl/N-ethyl adjacent to an activating group) is 1. The van der Waals surface area contributed by atoms with Gasteiger partial charge in [0.2, 0.25) is 0 Å². The van der Waals surface area contributed by atoms with E-state index in [0.29, 0.717) is 17.3 Å². The summed E-state index contributed by atoms with van der Waals surface area (Å²) in [6.45, 7) is 3.87. The summed E-state index contributed by atoms with van der Waals surface area (Å²) in [6, 6.07) is 8.27. The molecular formula is C23H26N6O3S. The summed E-state index contributed by atoms with van der Waals surface area (Å²) < 4.78 is 5.52. The number of nitrogens with one attached hydrogen (secondary N) is 2. The van der Waals surface area contributed by atoms with Gasteiger partial charge in [-0.25, -0.2) is 14.8 Å². The van der Waals surface area contributed by atoms with E-state index in [0.717, 1.165) is 42.9 Å². The quantitative estimate of drug-likeness (QED) is 0.503. The lowest BCUT2D eigenvalue weighted by atomic mass is 10.0. The fourth-order valence-electron chi connectivity index (χ4n) is 3.73. The third-order valence-corrected chi connectivity index (χ3v) is 6.27. The Balaban J connectivity index is 1.30. The Hall–Kier alpha value is -3.37. The Morgan fingerprint density at radius 2 is 1.94 bits per heavy atom. The van der Waals surface area contributed by atoms with E-state index in [9.17, 15) is 9.59 Å². The number of piperidine rings is 1. The molecule has 172 valence electrons. The lowest BCUT2D eigenvalue weighted by Gasteiger charge is -2.32. The van der Waals surface area contributed by atoms with Gasteiger partial charge in [0.15, 0.2) is 0 Å². The fraction of sp³-hybridized carbons (Fsp3) is 0.348. The molecule has 0 saturated carbocycles. The molecule has 2 amide bonds. The van der Waals surface area contributed by atoms with Gasteiger partial charge in [-0.15, -0.1) is 11.3 Å². The topological polar surface area (TPSA) is 109 Å². The Labute approximate surface area is 196 Å². The number of pyridine rings is 2. The third kappa shape index (κ3) is 6.11. The van der Waals surface area contributed by atoms with Crippen LogP contribution in [0.3, 0.4) is 0 Å². The molecule has 9 nitrogen and oxygen atoms in total. The minimum Gasteiger partial charge on any atom is -0.458 e. The smallest absolute Gasteiger partial charge is 0.326 e. The van der Waals surface area contributed by atoms with Crippen molar-refractivity contribution in [2.45, 2.75) is 38.8 Å². The van der Waals surface area contributed by atoms with E-state index in [4.69, 9.17) is 4.74 Å². The van der Waals surface area contributed by atoms with Crippen LogP contribution in [0.15, 0.2) is 48.1 Å². The van der Waals surface area contributed by atoms with Gasteiger partial charge in [-0.3, -0.25) is 25.3 Å². The molecule has 1 atom stereocenters. The predicted molar refractivity (Wildman–Crippen MR) is 127 cm³/mol. The van der Waals surface area contributed by atoms with E-state index in [1.54, 1.807) is 36.0 Å². The minimum absolute atomic E-state index is 0.0609. The standard InChI is InChI=1S/C23H26N6O3S/c1-2-29-13-4-3-7-18(29)22(30)32-14-17-6-5-8-19(25-17)27-23(31)28-20-15-33-21(26-20)16-9-11-24-12-10-16/h5-6,8-12,15,18H,2-4,7,13-14H2,1H3,(H2,25,27,28,31). The van der Waals surface area contributed by atoms with Crippen molar-refractivity contribution >= 4 is 35.0 Å². The number of carbonyl (C=O) groups is 2. The lowest BCUT2D eigenvalue weighted by molar-refractivity contribution is -0.152. The number of rotatable bonds is 7. The predicted octanol–water partition coefficient (Wildman–Crippen LogP) is 4.16. The molecule has 4 heterocycles. The molecule has 1 saturated heterocycles. The number of likely N-dealkylation sites (tertiary alicyclic amines) is 1. The number of hydrogen-bond acceptors (Lipinski definition) is 8. The summed E-state index contributed by atoms with van der Waals surface area (Å²) in [5.74, 6) is 0.587. The SMILES string of the molecule is CCN1CCCCC1C(=O)OCc1cccc(NC(=O)Nc2csc(-c3ccncc3)n2)n1. The molecule has 0 radical (unpaired) electrons. The third-order valence-electron chi connectivity index (χ3n) is 5.38. The molecule has 3 aromatic rings. The molecule has 33 heavy (non-hydrogen) atoms. The number of nitrogens with zero attached hydrogens (tertiary/aromatic N) is 4. The van der Waals surface area contributed by atoms with Gasteiger partial charge in [0.05, 0.1) is 5.69 Å². The summed E-state index contributed by atoms with van der Waals surface area (Å²) >= 11 is 1.43. The number of ether oxygens (including phenoxy) is 1. The van der Waals surface area contributed by atoms with E-state index >= 15 is 0 Å². The van der Waals surface area contributed by atoms with Gasteiger partial charge in [0.1, 0.15) is 29.3 Å². The molecule has 0 bridgehead atoms. The van der Waals surface area contributed by atoms with Gasteiger partial charge in [-0.1, -0.05) is 19.4 Å². The number of thiazole rings is 1. The Morgan fingerprint density at radius 1 is 1.12 bits per heavy atom. The van der Waals surface area contributed by atoms with Crippen LogP contribution in [0.4, 0.5) is 16.4 Å². The minimum atomic E-state index is -0.455. The molecule has 0 aromatic carbocycles. The van der Waals surface area contributed by atoms with Crippen molar-refractivity contribution in [1.29, 1.82) is 0 Å². The second kappa shape index (κ2) is 11.0. The molecule has 4 rings (SSSR count). The highest BCUT2D eigenvalue weighted by atomic mass is 32.1. The molecular weight excluding hydrogens is 440 g/mol. The van der Waals surface area contributed by atoms with E-state index in [1.807, 2.05) is 12.1 Å². The summed E-state index contributed by atoms with van der Waals surface area (Å²) in [6.07, 6.45) is 6.36. The first-order chi connectivity index (χ1) is 16.1. The first kappa shape index (κ1) is 22.8. The number of esters is 1. The van der Waals surface area contributed by atoms with Gasteiger partial charge in [0, 0.05) is 23.3 Å². The van der Waals surface area contributed by atoms with Crippen molar-refractivity contribution in [3.63, 3.8) is 0 Å². The zero-order chi connectivity index (χ0) is 23.0. The van der Waals surface area contributed by atoms with Crippen molar-refractivity contribution in [1.82, 2.24) is 19.9 Å². The summed E-state index contributed by atoms with van der Waals surface area (Å²) in [7, 11) is 0. The molecule has 2 N–H and O–H groups in total. The highest BCUT2D eigenvalue weighted by Gasteiger charge is 2.28. The van der Waals surface area contributed by atoms with Crippen LogP contribution in [0.5, 0.6) is 0 Å². The Kier molecular flexibility index (Phi) is 7.59. The van der Waals surface area contributed by atoms with Crippen LogP contribution >= 0.6 is 11.3 Å².